The first-order valence-electron chi connectivity index (χ1n) is 6.76. The topological polar surface area (TPSA) is 54.4 Å². The Bertz CT molecular complexity index is 433. The fourth-order valence-corrected chi connectivity index (χ4v) is 3.43. The van der Waals surface area contributed by atoms with Gasteiger partial charge < -0.3 is 5.11 Å². The van der Waals surface area contributed by atoms with Crippen molar-refractivity contribution < 1.29 is 14.7 Å². The van der Waals surface area contributed by atoms with Crippen molar-refractivity contribution in [2.24, 2.45) is 17.3 Å². The van der Waals surface area contributed by atoms with E-state index in [0.29, 0.717) is 24.8 Å². The molecule has 2 rings (SSSR count). The third-order valence-electron chi connectivity index (χ3n) is 4.78. The van der Waals surface area contributed by atoms with Crippen molar-refractivity contribution in [1.82, 2.24) is 0 Å². The van der Waals surface area contributed by atoms with Crippen molar-refractivity contribution in [3.8, 4) is 0 Å². The molecule has 3 atom stereocenters. The van der Waals surface area contributed by atoms with Gasteiger partial charge >= 0.3 is 0 Å². The number of fused-ring (bicyclic) bond motifs is 1. The lowest BCUT2D eigenvalue weighted by molar-refractivity contribution is -0.142. The molecule has 0 bridgehead atoms. The van der Waals surface area contributed by atoms with Gasteiger partial charge in [-0.3, -0.25) is 9.59 Å². The van der Waals surface area contributed by atoms with Gasteiger partial charge in [-0.1, -0.05) is 19.4 Å². The first-order valence-corrected chi connectivity index (χ1v) is 6.76. The van der Waals surface area contributed by atoms with E-state index in [0.717, 1.165) is 5.57 Å². The molecule has 100 valence electrons. The first-order chi connectivity index (χ1) is 8.30. The average Bonchev–Trinajstić information content (AvgIpc) is 2.29. The molecular formula is C15H22O3. The van der Waals surface area contributed by atoms with E-state index >= 15 is 0 Å². The van der Waals surface area contributed by atoms with Crippen LogP contribution in [0.5, 0.6) is 0 Å². The molecule has 0 unspecified atom stereocenters. The zero-order chi connectivity index (χ0) is 13.7. The summed E-state index contributed by atoms with van der Waals surface area (Å²) >= 11 is 0. The van der Waals surface area contributed by atoms with Crippen LogP contribution in [-0.4, -0.2) is 22.8 Å². The SMILES string of the molecule is CC1=C2C(=O)[C@H](C(C)C)C[C@H](O)[C@@]2(C)C(=O)CC1. The maximum atomic E-state index is 12.6. The lowest BCUT2D eigenvalue weighted by atomic mass is 9.57. The van der Waals surface area contributed by atoms with Gasteiger partial charge in [-0.25, -0.2) is 0 Å². The van der Waals surface area contributed by atoms with Crippen LogP contribution in [-0.2, 0) is 9.59 Å². The summed E-state index contributed by atoms with van der Waals surface area (Å²) in [5.74, 6) is 0.160. The van der Waals surface area contributed by atoms with Crippen LogP contribution in [0.15, 0.2) is 11.1 Å². The number of hydrogen-bond donors (Lipinski definition) is 1. The summed E-state index contributed by atoms with van der Waals surface area (Å²) in [6, 6.07) is 0. The maximum absolute atomic E-state index is 12.6. The molecule has 3 nitrogen and oxygen atoms in total. The Morgan fingerprint density at radius 2 is 1.89 bits per heavy atom. The Labute approximate surface area is 108 Å². The van der Waals surface area contributed by atoms with Crippen LogP contribution >= 0.6 is 0 Å². The molecule has 0 aromatic carbocycles. The van der Waals surface area contributed by atoms with Crippen LogP contribution in [0.25, 0.3) is 0 Å². The molecule has 0 aliphatic heterocycles. The Hall–Kier alpha value is -0.960. The van der Waals surface area contributed by atoms with Crippen molar-refractivity contribution >= 4 is 11.6 Å². The molecule has 1 saturated carbocycles. The highest BCUT2D eigenvalue weighted by Crippen LogP contribution is 2.48. The number of hydrogen-bond acceptors (Lipinski definition) is 3. The normalized spacial score (nSPS) is 37.2. The molecule has 0 aromatic rings. The Balaban J connectivity index is 2.54. The number of carbonyl (C=O) groups is 2. The van der Waals surface area contributed by atoms with Gasteiger partial charge in [-0.2, -0.15) is 0 Å². The molecule has 18 heavy (non-hydrogen) atoms. The molecule has 0 radical (unpaired) electrons. The van der Waals surface area contributed by atoms with Crippen molar-refractivity contribution in [3.05, 3.63) is 11.1 Å². The van der Waals surface area contributed by atoms with E-state index in [1.165, 1.54) is 0 Å². The fraction of sp³-hybridized carbons (Fsp3) is 0.733. The van der Waals surface area contributed by atoms with E-state index in [4.69, 9.17) is 0 Å². The van der Waals surface area contributed by atoms with Crippen molar-refractivity contribution in [2.75, 3.05) is 0 Å². The summed E-state index contributed by atoms with van der Waals surface area (Å²) in [5, 5.41) is 10.4. The van der Waals surface area contributed by atoms with Crippen molar-refractivity contribution in [2.45, 2.75) is 53.1 Å². The molecule has 2 aliphatic rings. The number of aliphatic hydroxyl groups is 1. The zero-order valence-corrected chi connectivity index (χ0v) is 11.6. The third kappa shape index (κ3) is 1.68. The van der Waals surface area contributed by atoms with E-state index in [1.807, 2.05) is 20.8 Å². The Morgan fingerprint density at radius 3 is 2.44 bits per heavy atom. The second-order valence-electron chi connectivity index (χ2n) is 6.25. The molecular weight excluding hydrogens is 228 g/mol. The number of aliphatic hydroxyl groups excluding tert-OH is 1. The molecule has 0 aromatic heterocycles. The van der Waals surface area contributed by atoms with Gasteiger partial charge in [0.15, 0.2) is 5.78 Å². The van der Waals surface area contributed by atoms with Gasteiger partial charge in [0.25, 0.3) is 0 Å². The molecule has 3 heteroatoms. The number of Topliss-reactive ketones (excluding diaryl/α,β-unsaturated/α-hetero) is 2. The summed E-state index contributed by atoms with van der Waals surface area (Å²) in [5.41, 5.74) is 0.646. The highest BCUT2D eigenvalue weighted by Gasteiger charge is 2.54. The molecule has 0 saturated heterocycles. The second kappa shape index (κ2) is 4.30. The number of rotatable bonds is 1. The van der Waals surface area contributed by atoms with Gasteiger partial charge in [-0.15, -0.1) is 0 Å². The van der Waals surface area contributed by atoms with Gasteiger partial charge in [0.05, 0.1) is 11.5 Å². The maximum Gasteiger partial charge on any atom is 0.163 e. The van der Waals surface area contributed by atoms with Crippen LogP contribution in [0.4, 0.5) is 0 Å². The summed E-state index contributed by atoms with van der Waals surface area (Å²) < 4.78 is 0. The average molecular weight is 250 g/mol. The monoisotopic (exact) mass is 250 g/mol. The third-order valence-corrected chi connectivity index (χ3v) is 4.78. The van der Waals surface area contributed by atoms with Gasteiger partial charge in [0, 0.05) is 17.9 Å². The highest BCUT2D eigenvalue weighted by atomic mass is 16.3. The van der Waals surface area contributed by atoms with Crippen LogP contribution in [0, 0.1) is 17.3 Å². The number of carbonyl (C=O) groups excluding carboxylic acids is 2. The summed E-state index contributed by atoms with van der Waals surface area (Å²) in [6.45, 7) is 7.66. The van der Waals surface area contributed by atoms with Crippen LogP contribution < -0.4 is 0 Å². The molecule has 1 fully saturated rings. The van der Waals surface area contributed by atoms with Gasteiger partial charge in [0.2, 0.25) is 0 Å². The van der Waals surface area contributed by atoms with E-state index in [9.17, 15) is 14.7 Å². The Kier molecular flexibility index (Phi) is 3.22. The minimum atomic E-state index is -0.954. The quantitative estimate of drug-likeness (QED) is 0.776. The van der Waals surface area contributed by atoms with E-state index in [2.05, 4.69) is 0 Å². The summed E-state index contributed by atoms with van der Waals surface area (Å²) in [6.07, 6.45) is 0.797. The number of ketones is 2. The highest BCUT2D eigenvalue weighted by molar-refractivity contribution is 6.08. The Morgan fingerprint density at radius 1 is 1.28 bits per heavy atom. The lowest BCUT2D eigenvalue weighted by Gasteiger charge is -2.45. The molecule has 0 spiro atoms. The van der Waals surface area contributed by atoms with E-state index in [-0.39, 0.29) is 23.4 Å². The molecule has 2 aliphatic carbocycles. The predicted molar refractivity (Wildman–Crippen MR) is 69.0 cm³/mol. The van der Waals surface area contributed by atoms with E-state index in [1.54, 1.807) is 6.92 Å². The summed E-state index contributed by atoms with van der Waals surface area (Å²) in [7, 11) is 0. The van der Waals surface area contributed by atoms with Gasteiger partial charge in [-0.05, 0) is 32.6 Å². The first kappa shape index (κ1) is 13.5. The summed E-state index contributed by atoms with van der Waals surface area (Å²) in [4.78, 5) is 24.8. The lowest BCUT2D eigenvalue weighted by Crippen LogP contribution is -2.53. The second-order valence-corrected chi connectivity index (χ2v) is 6.25. The number of allylic oxidation sites excluding steroid dienone is 1. The fourth-order valence-electron chi connectivity index (χ4n) is 3.43. The molecule has 1 N–H and O–H groups in total. The molecule has 0 amide bonds. The minimum Gasteiger partial charge on any atom is -0.392 e. The predicted octanol–water partition coefficient (Wildman–Crippen LogP) is 2.28. The van der Waals surface area contributed by atoms with Crippen LogP contribution in [0.1, 0.15) is 47.0 Å². The standard InChI is InChI=1S/C15H22O3/c1-8(2)10-7-12(17)15(4)11(16)6-5-9(3)13(15)14(10)18/h8,10,12,17H,5-7H2,1-4H3/t10-,12-,15+/m0/s1. The zero-order valence-electron chi connectivity index (χ0n) is 11.6. The van der Waals surface area contributed by atoms with Crippen LogP contribution in [0.2, 0.25) is 0 Å². The smallest absolute Gasteiger partial charge is 0.163 e. The van der Waals surface area contributed by atoms with Crippen molar-refractivity contribution in [1.29, 1.82) is 0 Å². The van der Waals surface area contributed by atoms with Crippen LogP contribution in [0.3, 0.4) is 0 Å². The van der Waals surface area contributed by atoms with Gasteiger partial charge in [0.1, 0.15) is 5.78 Å². The molecule has 0 heterocycles. The van der Waals surface area contributed by atoms with E-state index < -0.39 is 11.5 Å². The largest absolute Gasteiger partial charge is 0.392 e. The van der Waals surface area contributed by atoms with Crippen molar-refractivity contribution in [3.63, 3.8) is 0 Å². The minimum absolute atomic E-state index is 0.0196.